The number of hydrogen-bond acceptors (Lipinski definition) is 3. The minimum absolute atomic E-state index is 0.767. The molecule has 2 nitrogen and oxygen atoms in total. The molecule has 2 aliphatic heterocycles. The van der Waals surface area contributed by atoms with Crippen LogP contribution in [0.25, 0.3) is 0 Å². The molecular formula is C14H28N2S. The van der Waals surface area contributed by atoms with E-state index in [1.807, 2.05) is 0 Å². The van der Waals surface area contributed by atoms with E-state index in [0.29, 0.717) is 0 Å². The molecule has 0 aromatic heterocycles. The Bertz CT molecular complexity index is 216. The molecule has 0 spiro atoms. The number of nitrogens with one attached hydrogen (secondary N) is 1. The summed E-state index contributed by atoms with van der Waals surface area (Å²) in [5.74, 6) is 2.14. The van der Waals surface area contributed by atoms with Crippen LogP contribution in [0.3, 0.4) is 0 Å². The van der Waals surface area contributed by atoms with Crippen LogP contribution in [-0.4, -0.2) is 48.1 Å². The maximum atomic E-state index is 3.77. The van der Waals surface area contributed by atoms with Gasteiger partial charge < -0.3 is 10.2 Å². The number of thioether (sulfide) groups is 1. The second kappa shape index (κ2) is 7.01. The highest BCUT2D eigenvalue weighted by Crippen LogP contribution is 2.26. The summed E-state index contributed by atoms with van der Waals surface area (Å²) < 4.78 is 0. The predicted octanol–water partition coefficient (Wildman–Crippen LogP) is 2.59. The third-order valence-corrected chi connectivity index (χ3v) is 5.45. The SMILES string of the molecule is CC(CNC1CCSC1C)CN1CCCCC1. The molecule has 3 heteroatoms. The molecule has 1 N–H and O–H groups in total. The zero-order valence-electron chi connectivity index (χ0n) is 11.5. The zero-order chi connectivity index (χ0) is 12.1. The molecule has 3 unspecified atom stereocenters. The average molecular weight is 256 g/mol. The number of rotatable bonds is 5. The van der Waals surface area contributed by atoms with Crippen molar-refractivity contribution in [2.45, 2.75) is 50.8 Å². The van der Waals surface area contributed by atoms with Crippen LogP contribution in [0.15, 0.2) is 0 Å². The molecule has 2 fully saturated rings. The lowest BCUT2D eigenvalue weighted by atomic mass is 10.1. The molecule has 0 saturated carbocycles. The van der Waals surface area contributed by atoms with E-state index in [1.54, 1.807) is 0 Å². The van der Waals surface area contributed by atoms with Gasteiger partial charge in [0, 0.05) is 17.8 Å². The maximum absolute atomic E-state index is 3.77. The van der Waals surface area contributed by atoms with Crippen molar-refractivity contribution in [2.24, 2.45) is 5.92 Å². The first-order valence-electron chi connectivity index (χ1n) is 7.33. The Kier molecular flexibility index (Phi) is 5.64. The normalized spacial score (nSPS) is 32.8. The first kappa shape index (κ1) is 13.7. The van der Waals surface area contributed by atoms with Gasteiger partial charge in [-0.25, -0.2) is 0 Å². The molecule has 2 saturated heterocycles. The Hall–Kier alpha value is 0.270. The Labute approximate surface area is 111 Å². The van der Waals surface area contributed by atoms with E-state index in [2.05, 4.69) is 35.8 Å². The molecule has 0 amide bonds. The quantitative estimate of drug-likeness (QED) is 0.814. The van der Waals surface area contributed by atoms with Crippen molar-refractivity contribution < 1.29 is 0 Å². The van der Waals surface area contributed by atoms with E-state index in [-0.39, 0.29) is 0 Å². The van der Waals surface area contributed by atoms with Crippen molar-refractivity contribution in [3.8, 4) is 0 Å². The number of likely N-dealkylation sites (tertiary alicyclic amines) is 1. The molecule has 2 heterocycles. The first-order chi connectivity index (χ1) is 8.25. The van der Waals surface area contributed by atoms with Crippen LogP contribution in [-0.2, 0) is 0 Å². The van der Waals surface area contributed by atoms with E-state index in [9.17, 15) is 0 Å². The standard InChI is InChI=1S/C14H28N2S/c1-12(11-16-7-4-3-5-8-16)10-15-14-6-9-17-13(14)2/h12-15H,3-11H2,1-2H3. The van der Waals surface area contributed by atoms with E-state index in [4.69, 9.17) is 0 Å². The van der Waals surface area contributed by atoms with E-state index < -0.39 is 0 Å². The van der Waals surface area contributed by atoms with Gasteiger partial charge in [0.15, 0.2) is 0 Å². The van der Waals surface area contributed by atoms with Crippen molar-refractivity contribution in [3.63, 3.8) is 0 Å². The summed E-state index contributed by atoms with van der Waals surface area (Å²) in [6, 6.07) is 0.767. The summed E-state index contributed by atoms with van der Waals surface area (Å²) in [4.78, 5) is 2.66. The molecule has 3 atom stereocenters. The van der Waals surface area contributed by atoms with Gasteiger partial charge in [0.1, 0.15) is 0 Å². The molecule has 100 valence electrons. The second-order valence-electron chi connectivity index (χ2n) is 5.85. The zero-order valence-corrected chi connectivity index (χ0v) is 12.3. The summed E-state index contributed by atoms with van der Waals surface area (Å²) in [6.07, 6.45) is 5.63. The van der Waals surface area contributed by atoms with E-state index >= 15 is 0 Å². The topological polar surface area (TPSA) is 15.3 Å². The van der Waals surface area contributed by atoms with Gasteiger partial charge >= 0.3 is 0 Å². The van der Waals surface area contributed by atoms with Crippen LogP contribution in [0.1, 0.15) is 39.5 Å². The van der Waals surface area contributed by atoms with Crippen molar-refractivity contribution in [2.75, 3.05) is 31.9 Å². The van der Waals surface area contributed by atoms with Crippen LogP contribution in [0.5, 0.6) is 0 Å². The van der Waals surface area contributed by atoms with Gasteiger partial charge in [-0.1, -0.05) is 20.3 Å². The fraction of sp³-hybridized carbons (Fsp3) is 1.00. The fourth-order valence-corrected chi connectivity index (χ4v) is 4.23. The van der Waals surface area contributed by atoms with Gasteiger partial charge in [0.05, 0.1) is 0 Å². The average Bonchev–Trinajstić information content (AvgIpc) is 2.74. The molecule has 0 aliphatic carbocycles. The molecule has 2 rings (SSSR count). The van der Waals surface area contributed by atoms with E-state index in [0.717, 1.165) is 17.2 Å². The Morgan fingerprint density at radius 3 is 2.71 bits per heavy atom. The van der Waals surface area contributed by atoms with Crippen LogP contribution in [0.4, 0.5) is 0 Å². The molecule has 0 bridgehead atoms. The minimum Gasteiger partial charge on any atom is -0.313 e. The van der Waals surface area contributed by atoms with E-state index in [1.165, 1.54) is 57.6 Å². The predicted molar refractivity (Wildman–Crippen MR) is 77.8 cm³/mol. The summed E-state index contributed by atoms with van der Waals surface area (Å²) in [5, 5.41) is 4.59. The van der Waals surface area contributed by atoms with Crippen molar-refractivity contribution >= 4 is 11.8 Å². The van der Waals surface area contributed by atoms with Gasteiger partial charge in [-0.05, 0) is 50.6 Å². The summed E-state index contributed by atoms with van der Waals surface area (Å²) >= 11 is 2.12. The molecule has 17 heavy (non-hydrogen) atoms. The van der Waals surface area contributed by atoms with Crippen molar-refractivity contribution in [1.29, 1.82) is 0 Å². The Morgan fingerprint density at radius 2 is 2.06 bits per heavy atom. The summed E-state index contributed by atoms with van der Waals surface area (Å²) in [6.45, 7) is 9.92. The van der Waals surface area contributed by atoms with Gasteiger partial charge in [-0.2, -0.15) is 11.8 Å². The van der Waals surface area contributed by atoms with Crippen LogP contribution < -0.4 is 5.32 Å². The summed E-state index contributed by atoms with van der Waals surface area (Å²) in [5.41, 5.74) is 0. The molecular weight excluding hydrogens is 228 g/mol. The van der Waals surface area contributed by atoms with Crippen molar-refractivity contribution in [1.82, 2.24) is 10.2 Å². The highest BCUT2D eigenvalue weighted by molar-refractivity contribution is 8.00. The maximum Gasteiger partial charge on any atom is 0.0191 e. The van der Waals surface area contributed by atoms with Crippen LogP contribution in [0, 0.1) is 5.92 Å². The number of hydrogen-bond donors (Lipinski definition) is 1. The largest absolute Gasteiger partial charge is 0.313 e. The molecule has 0 radical (unpaired) electrons. The van der Waals surface area contributed by atoms with Gasteiger partial charge in [-0.3, -0.25) is 0 Å². The fourth-order valence-electron chi connectivity index (χ4n) is 3.00. The lowest BCUT2D eigenvalue weighted by Crippen LogP contribution is -2.40. The van der Waals surface area contributed by atoms with Crippen LogP contribution in [0.2, 0.25) is 0 Å². The minimum atomic E-state index is 0.767. The van der Waals surface area contributed by atoms with Gasteiger partial charge in [0.25, 0.3) is 0 Å². The van der Waals surface area contributed by atoms with Gasteiger partial charge in [0.2, 0.25) is 0 Å². The lowest BCUT2D eigenvalue weighted by molar-refractivity contribution is 0.197. The number of piperidine rings is 1. The smallest absolute Gasteiger partial charge is 0.0191 e. The monoisotopic (exact) mass is 256 g/mol. The lowest BCUT2D eigenvalue weighted by Gasteiger charge is -2.30. The van der Waals surface area contributed by atoms with Crippen molar-refractivity contribution in [3.05, 3.63) is 0 Å². The Balaban J connectivity index is 1.61. The first-order valence-corrected chi connectivity index (χ1v) is 8.38. The molecule has 0 aromatic rings. The highest BCUT2D eigenvalue weighted by atomic mass is 32.2. The summed E-state index contributed by atoms with van der Waals surface area (Å²) in [7, 11) is 0. The molecule has 2 aliphatic rings. The number of nitrogens with zero attached hydrogens (tertiary/aromatic N) is 1. The third-order valence-electron chi connectivity index (χ3n) is 4.12. The van der Waals surface area contributed by atoms with Crippen LogP contribution >= 0.6 is 11.8 Å². The van der Waals surface area contributed by atoms with Gasteiger partial charge in [-0.15, -0.1) is 0 Å². The Morgan fingerprint density at radius 1 is 1.29 bits per heavy atom. The highest BCUT2D eigenvalue weighted by Gasteiger charge is 2.24. The second-order valence-corrected chi connectivity index (χ2v) is 7.33. The molecule has 0 aromatic carbocycles. The third kappa shape index (κ3) is 4.46.